The van der Waals surface area contributed by atoms with Crippen LogP contribution < -0.4 is 0 Å². The maximum Gasteiger partial charge on any atom is 0.248 e. The highest BCUT2D eigenvalue weighted by Gasteiger charge is 2.46. The van der Waals surface area contributed by atoms with Crippen LogP contribution in [0.25, 0.3) is 0 Å². The summed E-state index contributed by atoms with van der Waals surface area (Å²) in [5.74, 6) is -0.167. The van der Waals surface area contributed by atoms with E-state index in [4.69, 9.17) is 9.47 Å². The van der Waals surface area contributed by atoms with Crippen LogP contribution in [0.1, 0.15) is 43.4 Å². The lowest BCUT2D eigenvalue weighted by Crippen LogP contribution is -2.45. The Hall–Kier alpha value is -1.46. The molecule has 0 aromatic heterocycles. The maximum atomic E-state index is 13.8. The predicted octanol–water partition coefficient (Wildman–Crippen LogP) is 2.81. The Morgan fingerprint density at radius 3 is 2.78 bits per heavy atom. The SMILES string of the molecule is CCOC1CC2(CCN(C(=O)COC)CC2)c2cc(F)ccc21. The van der Waals surface area contributed by atoms with E-state index >= 15 is 0 Å². The van der Waals surface area contributed by atoms with Gasteiger partial charge in [0.1, 0.15) is 12.4 Å². The first-order valence-corrected chi connectivity index (χ1v) is 8.28. The average Bonchev–Trinajstić information content (AvgIpc) is 2.82. The van der Waals surface area contributed by atoms with Gasteiger partial charge in [0.25, 0.3) is 0 Å². The molecule has 1 saturated heterocycles. The van der Waals surface area contributed by atoms with Crippen molar-refractivity contribution in [3.05, 3.63) is 35.1 Å². The molecule has 1 fully saturated rings. The van der Waals surface area contributed by atoms with Gasteiger partial charge in [0.2, 0.25) is 5.91 Å². The summed E-state index contributed by atoms with van der Waals surface area (Å²) in [6.45, 7) is 4.14. The molecule has 4 nitrogen and oxygen atoms in total. The van der Waals surface area contributed by atoms with E-state index < -0.39 is 0 Å². The summed E-state index contributed by atoms with van der Waals surface area (Å²) >= 11 is 0. The Balaban J connectivity index is 1.81. The highest BCUT2D eigenvalue weighted by atomic mass is 19.1. The zero-order chi connectivity index (χ0) is 16.4. The van der Waals surface area contributed by atoms with Crippen molar-refractivity contribution in [2.45, 2.75) is 37.7 Å². The van der Waals surface area contributed by atoms with Gasteiger partial charge in [-0.3, -0.25) is 4.79 Å². The molecule has 23 heavy (non-hydrogen) atoms. The van der Waals surface area contributed by atoms with Crippen molar-refractivity contribution in [2.24, 2.45) is 0 Å². The summed E-state index contributed by atoms with van der Waals surface area (Å²) in [5.41, 5.74) is 2.13. The molecule has 1 amide bonds. The Bertz CT molecular complexity index is 582. The highest BCUT2D eigenvalue weighted by Crippen LogP contribution is 2.52. The van der Waals surface area contributed by atoms with Gasteiger partial charge >= 0.3 is 0 Å². The van der Waals surface area contributed by atoms with Gasteiger partial charge in [0.05, 0.1) is 6.10 Å². The maximum absolute atomic E-state index is 13.8. The van der Waals surface area contributed by atoms with E-state index in [2.05, 4.69) is 0 Å². The molecule has 5 heteroatoms. The third-order valence-corrected chi connectivity index (χ3v) is 5.22. The number of piperidine rings is 1. The van der Waals surface area contributed by atoms with Crippen molar-refractivity contribution in [2.75, 3.05) is 33.4 Å². The second kappa shape index (κ2) is 6.57. The zero-order valence-corrected chi connectivity index (χ0v) is 13.8. The van der Waals surface area contributed by atoms with Crippen LogP contribution in [0.3, 0.4) is 0 Å². The molecule has 3 rings (SSSR count). The summed E-state index contributed by atoms with van der Waals surface area (Å²) in [6.07, 6.45) is 2.62. The van der Waals surface area contributed by atoms with E-state index in [1.807, 2.05) is 17.9 Å². The number of rotatable bonds is 4. The zero-order valence-electron chi connectivity index (χ0n) is 13.8. The number of amides is 1. The van der Waals surface area contributed by atoms with Crippen molar-refractivity contribution in [3.63, 3.8) is 0 Å². The molecule has 1 unspecified atom stereocenters. The number of halogens is 1. The summed E-state index contributed by atoms with van der Waals surface area (Å²) in [5, 5.41) is 0. The molecule has 1 spiro atoms. The van der Waals surface area contributed by atoms with Crippen molar-refractivity contribution in [1.29, 1.82) is 0 Å². The highest BCUT2D eigenvalue weighted by molar-refractivity contribution is 5.77. The van der Waals surface area contributed by atoms with E-state index in [-0.39, 0.29) is 29.9 Å². The Labute approximate surface area is 136 Å². The van der Waals surface area contributed by atoms with Gasteiger partial charge in [0, 0.05) is 32.2 Å². The smallest absolute Gasteiger partial charge is 0.248 e. The van der Waals surface area contributed by atoms with Crippen molar-refractivity contribution in [3.8, 4) is 0 Å². The molecule has 1 atom stereocenters. The van der Waals surface area contributed by atoms with Gasteiger partial charge in [-0.2, -0.15) is 0 Å². The van der Waals surface area contributed by atoms with Crippen LogP contribution in [0.4, 0.5) is 4.39 Å². The van der Waals surface area contributed by atoms with E-state index in [0.717, 1.165) is 30.4 Å². The second-order valence-electron chi connectivity index (χ2n) is 6.47. The molecule has 2 aliphatic rings. The van der Waals surface area contributed by atoms with Crippen LogP contribution in [0, 0.1) is 5.82 Å². The minimum Gasteiger partial charge on any atom is -0.375 e. The van der Waals surface area contributed by atoms with Crippen LogP contribution in [-0.4, -0.2) is 44.2 Å². The van der Waals surface area contributed by atoms with Crippen LogP contribution in [0.15, 0.2) is 18.2 Å². The summed E-state index contributed by atoms with van der Waals surface area (Å²) in [6, 6.07) is 5.05. The van der Waals surface area contributed by atoms with Crippen molar-refractivity contribution in [1.82, 2.24) is 4.90 Å². The number of nitrogens with zero attached hydrogens (tertiary/aromatic N) is 1. The minimum absolute atomic E-state index is 0.0289. The lowest BCUT2D eigenvalue weighted by atomic mass is 9.73. The minimum atomic E-state index is -0.196. The standard InChI is InChI=1S/C18H24FNO3/c1-3-23-16-11-18(15-10-13(19)4-5-14(15)16)6-8-20(9-7-18)17(21)12-22-2/h4-5,10,16H,3,6-9,11-12H2,1-2H3. The first kappa shape index (κ1) is 16.4. The average molecular weight is 321 g/mol. The number of methoxy groups -OCH3 is 1. The first-order chi connectivity index (χ1) is 11.1. The number of likely N-dealkylation sites (tertiary alicyclic amines) is 1. The van der Waals surface area contributed by atoms with Crippen LogP contribution in [0.5, 0.6) is 0 Å². The fourth-order valence-electron chi connectivity index (χ4n) is 4.07. The summed E-state index contributed by atoms with van der Waals surface area (Å²) in [4.78, 5) is 13.8. The Kier molecular flexibility index (Phi) is 4.69. The summed E-state index contributed by atoms with van der Waals surface area (Å²) < 4.78 is 24.6. The monoisotopic (exact) mass is 321 g/mol. The largest absolute Gasteiger partial charge is 0.375 e. The Morgan fingerprint density at radius 1 is 1.39 bits per heavy atom. The number of hydrogen-bond donors (Lipinski definition) is 0. The van der Waals surface area contributed by atoms with Gasteiger partial charge in [-0.15, -0.1) is 0 Å². The van der Waals surface area contributed by atoms with Gasteiger partial charge in [0.15, 0.2) is 0 Å². The second-order valence-corrected chi connectivity index (χ2v) is 6.47. The van der Waals surface area contributed by atoms with Gasteiger partial charge < -0.3 is 14.4 Å². The molecule has 0 bridgehead atoms. The molecular weight excluding hydrogens is 297 g/mol. The molecule has 1 aliphatic heterocycles. The molecule has 1 heterocycles. The lowest BCUT2D eigenvalue weighted by molar-refractivity contribution is -0.136. The van der Waals surface area contributed by atoms with Crippen LogP contribution >= 0.6 is 0 Å². The normalized spacial score (nSPS) is 22.4. The van der Waals surface area contributed by atoms with Crippen molar-refractivity contribution >= 4 is 5.91 Å². The molecule has 1 aromatic carbocycles. The van der Waals surface area contributed by atoms with E-state index in [1.54, 1.807) is 6.07 Å². The fraction of sp³-hybridized carbons (Fsp3) is 0.611. The van der Waals surface area contributed by atoms with Gasteiger partial charge in [-0.05, 0) is 49.4 Å². The quantitative estimate of drug-likeness (QED) is 0.856. The van der Waals surface area contributed by atoms with E-state index in [0.29, 0.717) is 19.7 Å². The number of hydrogen-bond acceptors (Lipinski definition) is 3. The number of fused-ring (bicyclic) bond motifs is 2. The lowest BCUT2D eigenvalue weighted by Gasteiger charge is -2.40. The molecular formula is C18H24FNO3. The van der Waals surface area contributed by atoms with Crippen LogP contribution in [-0.2, 0) is 19.7 Å². The van der Waals surface area contributed by atoms with Crippen LogP contribution in [0.2, 0.25) is 0 Å². The summed E-state index contributed by atoms with van der Waals surface area (Å²) in [7, 11) is 1.53. The first-order valence-electron chi connectivity index (χ1n) is 8.28. The van der Waals surface area contributed by atoms with Gasteiger partial charge in [-0.25, -0.2) is 4.39 Å². The van der Waals surface area contributed by atoms with Gasteiger partial charge in [-0.1, -0.05) is 6.07 Å². The number of ether oxygens (including phenoxy) is 2. The molecule has 0 N–H and O–H groups in total. The molecule has 1 aliphatic carbocycles. The third-order valence-electron chi connectivity index (χ3n) is 5.22. The molecule has 0 radical (unpaired) electrons. The topological polar surface area (TPSA) is 38.8 Å². The molecule has 0 saturated carbocycles. The predicted molar refractivity (Wildman–Crippen MR) is 84.8 cm³/mol. The Morgan fingerprint density at radius 2 is 2.13 bits per heavy atom. The van der Waals surface area contributed by atoms with E-state index in [9.17, 15) is 9.18 Å². The third kappa shape index (κ3) is 3.00. The van der Waals surface area contributed by atoms with E-state index in [1.165, 1.54) is 13.2 Å². The number of carbonyl (C=O) groups is 1. The fourth-order valence-corrected chi connectivity index (χ4v) is 4.07. The van der Waals surface area contributed by atoms with Crippen molar-refractivity contribution < 1.29 is 18.7 Å². The molecule has 1 aromatic rings. The number of benzene rings is 1. The number of carbonyl (C=O) groups excluding carboxylic acids is 1. The molecule has 126 valence electrons.